The summed E-state index contributed by atoms with van der Waals surface area (Å²) in [5.74, 6) is 2.35. The van der Waals surface area contributed by atoms with Gasteiger partial charge in [0.1, 0.15) is 22.7 Å². The van der Waals surface area contributed by atoms with E-state index in [1.165, 1.54) is 4.88 Å². The average Bonchev–Trinajstić information content (AvgIpc) is 3.09. The largest absolute Gasteiger partial charge is 0.455 e. The van der Waals surface area contributed by atoms with Crippen molar-refractivity contribution in [2.24, 2.45) is 0 Å². The Kier molecular flexibility index (Phi) is 4.31. The molecule has 1 N–H and O–H groups in total. The van der Waals surface area contributed by atoms with Crippen LogP contribution in [0.5, 0.6) is 11.5 Å². The molecule has 0 saturated carbocycles. The van der Waals surface area contributed by atoms with Gasteiger partial charge >= 0.3 is 0 Å². The van der Waals surface area contributed by atoms with E-state index >= 15 is 0 Å². The zero-order valence-corrected chi connectivity index (χ0v) is 14.6. The monoisotopic (exact) mass is 347 g/mol. The molecule has 0 spiro atoms. The van der Waals surface area contributed by atoms with E-state index in [4.69, 9.17) is 4.74 Å². The lowest BCUT2D eigenvalue weighted by atomic mass is 10.2. The number of thiophene rings is 1. The molecule has 0 aliphatic heterocycles. The average molecular weight is 347 g/mol. The van der Waals surface area contributed by atoms with Crippen LogP contribution in [-0.4, -0.2) is 9.97 Å². The van der Waals surface area contributed by atoms with Gasteiger partial charge in [-0.05, 0) is 36.8 Å². The lowest BCUT2D eigenvalue weighted by Crippen LogP contribution is -1.97. The lowest BCUT2D eigenvalue weighted by Gasteiger charge is -2.12. The van der Waals surface area contributed by atoms with Gasteiger partial charge in [-0.15, -0.1) is 11.3 Å². The fourth-order valence-electron chi connectivity index (χ4n) is 2.58. The Labute approximate surface area is 150 Å². The van der Waals surface area contributed by atoms with Crippen LogP contribution >= 0.6 is 11.3 Å². The van der Waals surface area contributed by atoms with Crippen LogP contribution in [0.2, 0.25) is 0 Å². The molecule has 2 aromatic carbocycles. The zero-order chi connectivity index (χ0) is 17.1. The van der Waals surface area contributed by atoms with Crippen LogP contribution in [0, 0.1) is 0 Å². The molecule has 4 aromatic rings. The van der Waals surface area contributed by atoms with Gasteiger partial charge in [-0.2, -0.15) is 0 Å². The molecule has 0 aliphatic rings. The van der Waals surface area contributed by atoms with Crippen LogP contribution in [-0.2, 0) is 6.42 Å². The van der Waals surface area contributed by atoms with Crippen molar-refractivity contribution in [3.8, 4) is 11.5 Å². The summed E-state index contributed by atoms with van der Waals surface area (Å²) in [6.45, 7) is 2.15. The van der Waals surface area contributed by atoms with E-state index < -0.39 is 0 Å². The molecule has 5 heteroatoms. The van der Waals surface area contributed by atoms with Gasteiger partial charge in [0.05, 0.1) is 11.1 Å². The maximum atomic E-state index is 6.02. The SMILES string of the molecule is CCc1cc2c(Nc3ccccc3Oc3ccccc3)ncnc2s1. The van der Waals surface area contributed by atoms with Crippen molar-refractivity contribution in [1.82, 2.24) is 9.97 Å². The number of aryl methyl sites for hydroxylation is 1. The lowest BCUT2D eigenvalue weighted by molar-refractivity contribution is 0.485. The van der Waals surface area contributed by atoms with Gasteiger partial charge in [0.25, 0.3) is 0 Å². The minimum Gasteiger partial charge on any atom is -0.455 e. The number of para-hydroxylation sites is 3. The Balaban J connectivity index is 1.69. The normalized spacial score (nSPS) is 10.8. The predicted molar refractivity (Wildman–Crippen MR) is 103 cm³/mol. The second-order valence-electron chi connectivity index (χ2n) is 5.54. The van der Waals surface area contributed by atoms with E-state index in [0.717, 1.165) is 39.6 Å². The first-order valence-corrected chi connectivity index (χ1v) is 8.97. The van der Waals surface area contributed by atoms with E-state index in [-0.39, 0.29) is 0 Å². The number of ether oxygens (including phenoxy) is 1. The minimum atomic E-state index is 0.756. The number of nitrogens with zero attached hydrogens (tertiary/aromatic N) is 2. The van der Waals surface area contributed by atoms with Crippen LogP contribution in [0.4, 0.5) is 11.5 Å². The van der Waals surface area contributed by atoms with Gasteiger partial charge < -0.3 is 10.1 Å². The minimum absolute atomic E-state index is 0.756. The topological polar surface area (TPSA) is 47.0 Å². The van der Waals surface area contributed by atoms with Crippen molar-refractivity contribution in [3.05, 3.63) is 71.9 Å². The molecular formula is C20H17N3OS. The number of fused-ring (bicyclic) bond motifs is 1. The van der Waals surface area contributed by atoms with E-state index in [9.17, 15) is 0 Å². The Bertz CT molecular complexity index is 998. The number of benzene rings is 2. The summed E-state index contributed by atoms with van der Waals surface area (Å²) < 4.78 is 6.02. The molecule has 0 radical (unpaired) electrons. The van der Waals surface area contributed by atoms with Crippen molar-refractivity contribution in [3.63, 3.8) is 0 Å². The molecule has 0 unspecified atom stereocenters. The zero-order valence-electron chi connectivity index (χ0n) is 13.8. The number of anilines is 2. The Morgan fingerprint density at radius 1 is 1.00 bits per heavy atom. The fourth-order valence-corrected chi connectivity index (χ4v) is 3.52. The number of aromatic nitrogens is 2. The third-order valence-corrected chi connectivity index (χ3v) is 5.03. The maximum absolute atomic E-state index is 6.02. The highest BCUT2D eigenvalue weighted by molar-refractivity contribution is 7.18. The summed E-state index contributed by atoms with van der Waals surface area (Å²) in [6, 6.07) is 19.8. The summed E-state index contributed by atoms with van der Waals surface area (Å²) >= 11 is 1.71. The van der Waals surface area contributed by atoms with Crippen molar-refractivity contribution >= 4 is 33.1 Å². The summed E-state index contributed by atoms with van der Waals surface area (Å²) in [5, 5.41) is 4.44. The molecule has 4 rings (SSSR count). The summed E-state index contributed by atoms with van der Waals surface area (Å²) in [4.78, 5) is 11.1. The number of hydrogen-bond acceptors (Lipinski definition) is 5. The van der Waals surface area contributed by atoms with Gasteiger partial charge in [-0.3, -0.25) is 0 Å². The highest BCUT2D eigenvalue weighted by Gasteiger charge is 2.11. The van der Waals surface area contributed by atoms with Crippen LogP contribution in [0.15, 0.2) is 67.0 Å². The summed E-state index contributed by atoms with van der Waals surface area (Å²) in [5.41, 5.74) is 0.871. The van der Waals surface area contributed by atoms with E-state index in [0.29, 0.717) is 0 Å². The molecule has 0 fully saturated rings. The Morgan fingerprint density at radius 3 is 2.64 bits per heavy atom. The Hall–Kier alpha value is -2.92. The second kappa shape index (κ2) is 6.91. The molecule has 2 aromatic heterocycles. The molecule has 0 atom stereocenters. The van der Waals surface area contributed by atoms with Gasteiger partial charge in [0.2, 0.25) is 0 Å². The highest BCUT2D eigenvalue weighted by atomic mass is 32.1. The van der Waals surface area contributed by atoms with Crippen LogP contribution < -0.4 is 10.1 Å². The molecule has 2 heterocycles. The molecule has 25 heavy (non-hydrogen) atoms. The highest BCUT2D eigenvalue weighted by Crippen LogP contribution is 2.34. The standard InChI is InChI=1S/C20H17N3OS/c1-2-15-12-16-19(21-13-22-20(16)25-15)23-17-10-6-7-11-18(17)24-14-8-4-3-5-9-14/h3-13H,2H2,1H3,(H,21,22,23). The van der Waals surface area contributed by atoms with Crippen molar-refractivity contribution in [2.45, 2.75) is 13.3 Å². The Morgan fingerprint density at radius 2 is 1.80 bits per heavy atom. The smallest absolute Gasteiger partial charge is 0.150 e. The van der Waals surface area contributed by atoms with Gasteiger partial charge in [-0.1, -0.05) is 37.3 Å². The fraction of sp³-hybridized carbons (Fsp3) is 0.100. The van der Waals surface area contributed by atoms with E-state index in [1.807, 2.05) is 54.6 Å². The third-order valence-electron chi connectivity index (χ3n) is 3.84. The first kappa shape index (κ1) is 15.6. The van der Waals surface area contributed by atoms with E-state index in [2.05, 4.69) is 28.3 Å². The second-order valence-corrected chi connectivity index (χ2v) is 6.66. The van der Waals surface area contributed by atoms with Crippen molar-refractivity contribution in [2.75, 3.05) is 5.32 Å². The molecule has 0 aliphatic carbocycles. The molecule has 0 amide bonds. The number of hydrogen-bond donors (Lipinski definition) is 1. The number of nitrogens with one attached hydrogen (secondary N) is 1. The maximum Gasteiger partial charge on any atom is 0.150 e. The quantitative estimate of drug-likeness (QED) is 0.496. The predicted octanol–water partition coefficient (Wildman–Crippen LogP) is 5.79. The molecule has 124 valence electrons. The van der Waals surface area contributed by atoms with Crippen LogP contribution in [0.1, 0.15) is 11.8 Å². The molecule has 0 saturated heterocycles. The van der Waals surface area contributed by atoms with Crippen molar-refractivity contribution in [1.29, 1.82) is 0 Å². The third kappa shape index (κ3) is 3.32. The first-order chi connectivity index (χ1) is 12.3. The van der Waals surface area contributed by atoms with E-state index in [1.54, 1.807) is 17.7 Å². The number of rotatable bonds is 5. The summed E-state index contributed by atoms with van der Waals surface area (Å²) in [6.07, 6.45) is 2.59. The first-order valence-electron chi connectivity index (χ1n) is 8.16. The van der Waals surface area contributed by atoms with Gasteiger partial charge in [-0.25, -0.2) is 9.97 Å². The van der Waals surface area contributed by atoms with Gasteiger partial charge in [0, 0.05) is 4.88 Å². The van der Waals surface area contributed by atoms with Crippen LogP contribution in [0.3, 0.4) is 0 Å². The van der Waals surface area contributed by atoms with Crippen molar-refractivity contribution < 1.29 is 4.74 Å². The van der Waals surface area contributed by atoms with Gasteiger partial charge in [0.15, 0.2) is 5.75 Å². The molecular weight excluding hydrogens is 330 g/mol. The molecule has 4 nitrogen and oxygen atoms in total. The summed E-state index contributed by atoms with van der Waals surface area (Å²) in [7, 11) is 0. The molecule has 0 bridgehead atoms. The van der Waals surface area contributed by atoms with Crippen LogP contribution in [0.25, 0.3) is 10.2 Å².